The quantitative estimate of drug-likeness (QED) is 0.556. The Morgan fingerprint density at radius 1 is 1.38 bits per heavy atom. The predicted molar refractivity (Wildman–Crippen MR) is 65.1 cm³/mol. The van der Waals surface area contributed by atoms with Crippen molar-refractivity contribution in [2.24, 2.45) is 0 Å². The number of carbonyl (C=O) groups excluding carboxylic acids is 1. The molecule has 9 heteroatoms. The van der Waals surface area contributed by atoms with E-state index in [4.69, 9.17) is 5.73 Å². The summed E-state index contributed by atoms with van der Waals surface area (Å²) in [5, 5.41) is 19.4. The Morgan fingerprint density at radius 2 is 2.00 bits per heavy atom. The lowest BCUT2D eigenvalue weighted by Gasteiger charge is -2.19. The van der Waals surface area contributed by atoms with Crippen LogP contribution in [0.1, 0.15) is 18.1 Å². The number of esters is 1. The highest BCUT2D eigenvalue weighted by molar-refractivity contribution is 5.69. The zero-order chi connectivity index (χ0) is 16.2. The molecule has 1 aromatic rings. The van der Waals surface area contributed by atoms with Crippen molar-refractivity contribution in [1.82, 2.24) is 0 Å². The zero-order valence-corrected chi connectivity index (χ0v) is 10.9. The maximum absolute atomic E-state index is 12.2. The number of aliphatic hydroxyl groups is 2. The first kappa shape index (κ1) is 17.1. The van der Waals surface area contributed by atoms with Crippen molar-refractivity contribution in [1.29, 1.82) is 0 Å². The molecule has 118 valence electrons. The van der Waals surface area contributed by atoms with E-state index in [2.05, 4.69) is 9.47 Å². The van der Waals surface area contributed by atoms with E-state index in [1.54, 1.807) is 0 Å². The Balaban J connectivity index is 2.92. The maximum atomic E-state index is 12.2. The first-order valence-corrected chi connectivity index (χ1v) is 5.72. The lowest BCUT2D eigenvalue weighted by molar-refractivity contribution is -0.274. The van der Waals surface area contributed by atoms with Crippen molar-refractivity contribution in [2.45, 2.75) is 25.0 Å². The van der Waals surface area contributed by atoms with Gasteiger partial charge in [0.2, 0.25) is 0 Å². The highest BCUT2D eigenvalue weighted by atomic mass is 19.4. The average molecular weight is 309 g/mol. The maximum Gasteiger partial charge on any atom is 0.573 e. The van der Waals surface area contributed by atoms with Crippen LogP contribution >= 0.6 is 0 Å². The fraction of sp³-hybridized carbons (Fsp3) is 0.417. The molecule has 0 aromatic heterocycles. The zero-order valence-electron chi connectivity index (χ0n) is 10.9. The second-order valence-electron chi connectivity index (χ2n) is 4.14. The van der Waals surface area contributed by atoms with Crippen LogP contribution in [0.3, 0.4) is 0 Å². The molecule has 0 fully saturated rings. The first-order valence-electron chi connectivity index (χ1n) is 5.72. The Hall–Kier alpha value is -2.00. The van der Waals surface area contributed by atoms with Crippen LogP contribution in [0.4, 0.5) is 18.9 Å². The fourth-order valence-corrected chi connectivity index (χ4v) is 1.54. The minimum absolute atomic E-state index is 0.0835. The van der Waals surface area contributed by atoms with Gasteiger partial charge in [0.25, 0.3) is 0 Å². The first-order chi connectivity index (χ1) is 9.64. The predicted octanol–water partition coefficient (Wildman–Crippen LogP) is 1.12. The highest BCUT2D eigenvalue weighted by Crippen LogP contribution is 2.32. The van der Waals surface area contributed by atoms with E-state index in [0.717, 1.165) is 19.2 Å². The number of alkyl halides is 3. The van der Waals surface area contributed by atoms with Crippen LogP contribution in [0.5, 0.6) is 5.75 Å². The van der Waals surface area contributed by atoms with Gasteiger partial charge in [-0.15, -0.1) is 13.2 Å². The van der Waals surface area contributed by atoms with E-state index in [1.807, 2.05) is 0 Å². The molecule has 1 aromatic carbocycles. The molecular weight excluding hydrogens is 295 g/mol. The number of aliphatic hydroxyl groups excluding tert-OH is 2. The number of nitrogens with two attached hydrogens (primary N) is 1. The number of nitrogen functional groups attached to an aromatic ring is 1. The Labute approximate surface area is 117 Å². The topological polar surface area (TPSA) is 102 Å². The molecule has 0 aliphatic rings. The Bertz CT molecular complexity index is 506. The van der Waals surface area contributed by atoms with Gasteiger partial charge in [0.05, 0.1) is 25.3 Å². The number of benzene rings is 1. The molecular formula is C12H14F3NO5. The summed E-state index contributed by atoms with van der Waals surface area (Å²) in [5.74, 6) is -1.48. The van der Waals surface area contributed by atoms with Gasteiger partial charge in [-0.3, -0.25) is 4.79 Å². The van der Waals surface area contributed by atoms with Crippen molar-refractivity contribution in [3.63, 3.8) is 0 Å². The minimum atomic E-state index is -4.94. The normalized spacial score (nSPS) is 14.4. The molecule has 0 saturated heterocycles. The molecule has 0 amide bonds. The standard InChI is InChI=1S/C12H14F3NO5/c1-20-10(18)5-8(17)11(19)6-2-3-7(16)9(4-6)21-12(13,14)15/h2-4,8,11,17,19H,5,16H2,1H3. The summed E-state index contributed by atoms with van der Waals surface area (Å²) in [6.07, 6.45) is -8.60. The second kappa shape index (κ2) is 6.64. The molecule has 21 heavy (non-hydrogen) atoms. The van der Waals surface area contributed by atoms with E-state index in [1.165, 1.54) is 6.07 Å². The Morgan fingerprint density at radius 3 is 2.52 bits per heavy atom. The SMILES string of the molecule is COC(=O)CC(O)C(O)c1ccc(N)c(OC(F)(F)F)c1. The van der Waals surface area contributed by atoms with Gasteiger partial charge in [-0.1, -0.05) is 6.07 Å². The van der Waals surface area contributed by atoms with Gasteiger partial charge >= 0.3 is 12.3 Å². The molecule has 1 rings (SSSR count). The van der Waals surface area contributed by atoms with Crippen molar-refractivity contribution in [3.8, 4) is 5.75 Å². The molecule has 0 saturated carbocycles. The van der Waals surface area contributed by atoms with E-state index in [-0.39, 0.29) is 11.3 Å². The third kappa shape index (κ3) is 5.12. The third-order valence-electron chi connectivity index (χ3n) is 2.57. The molecule has 0 aliphatic carbocycles. The number of hydrogen-bond donors (Lipinski definition) is 3. The summed E-state index contributed by atoms with van der Waals surface area (Å²) in [6.45, 7) is 0. The van der Waals surface area contributed by atoms with Crippen molar-refractivity contribution >= 4 is 11.7 Å². The van der Waals surface area contributed by atoms with Crippen molar-refractivity contribution < 1.29 is 37.7 Å². The van der Waals surface area contributed by atoms with Gasteiger partial charge < -0.3 is 25.4 Å². The van der Waals surface area contributed by atoms with Gasteiger partial charge in [-0.05, 0) is 17.7 Å². The van der Waals surface area contributed by atoms with Crippen LogP contribution in [0.25, 0.3) is 0 Å². The molecule has 0 spiro atoms. The summed E-state index contributed by atoms with van der Waals surface area (Å²) in [5.41, 5.74) is 4.96. The van der Waals surface area contributed by atoms with Crippen LogP contribution in [-0.4, -0.2) is 35.8 Å². The molecule has 2 atom stereocenters. The number of methoxy groups -OCH3 is 1. The van der Waals surface area contributed by atoms with Gasteiger partial charge in [0.1, 0.15) is 6.10 Å². The smallest absolute Gasteiger partial charge is 0.469 e. The van der Waals surface area contributed by atoms with Crippen LogP contribution in [0, 0.1) is 0 Å². The number of hydrogen-bond acceptors (Lipinski definition) is 6. The summed E-state index contributed by atoms with van der Waals surface area (Å²) in [6, 6.07) is 3.14. The number of rotatable bonds is 5. The van der Waals surface area contributed by atoms with E-state index >= 15 is 0 Å². The molecule has 0 bridgehead atoms. The van der Waals surface area contributed by atoms with Gasteiger partial charge in [-0.25, -0.2) is 0 Å². The molecule has 6 nitrogen and oxygen atoms in total. The van der Waals surface area contributed by atoms with E-state index < -0.39 is 36.7 Å². The molecule has 0 radical (unpaired) electrons. The molecule has 2 unspecified atom stereocenters. The average Bonchev–Trinajstić information content (AvgIpc) is 2.38. The lowest BCUT2D eigenvalue weighted by atomic mass is 10.0. The minimum Gasteiger partial charge on any atom is -0.469 e. The number of carbonyl (C=O) groups is 1. The molecule has 0 aliphatic heterocycles. The van der Waals surface area contributed by atoms with Crippen LogP contribution in [-0.2, 0) is 9.53 Å². The van der Waals surface area contributed by atoms with Crippen LogP contribution < -0.4 is 10.5 Å². The summed E-state index contributed by atoms with van der Waals surface area (Å²) >= 11 is 0. The highest BCUT2D eigenvalue weighted by Gasteiger charge is 2.32. The van der Waals surface area contributed by atoms with E-state index in [0.29, 0.717) is 0 Å². The summed E-state index contributed by atoms with van der Waals surface area (Å²) < 4.78 is 44.5. The van der Waals surface area contributed by atoms with Crippen molar-refractivity contribution in [3.05, 3.63) is 23.8 Å². The number of anilines is 1. The second-order valence-corrected chi connectivity index (χ2v) is 4.14. The third-order valence-corrected chi connectivity index (χ3v) is 2.57. The van der Waals surface area contributed by atoms with Gasteiger partial charge in [0.15, 0.2) is 5.75 Å². The molecule has 4 N–H and O–H groups in total. The number of halogens is 3. The fourth-order valence-electron chi connectivity index (χ4n) is 1.54. The lowest BCUT2D eigenvalue weighted by Crippen LogP contribution is -2.23. The van der Waals surface area contributed by atoms with E-state index in [9.17, 15) is 28.2 Å². The van der Waals surface area contributed by atoms with Crippen LogP contribution in [0.15, 0.2) is 18.2 Å². The molecule has 0 heterocycles. The number of ether oxygens (including phenoxy) is 2. The van der Waals surface area contributed by atoms with Gasteiger partial charge in [0, 0.05) is 0 Å². The monoisotopic (exact) mass is 309 g/mol. The Kier molecular flexibility index (Phi) is 5.39. The summed E-state index contributed by atoms with van der Waals surface area (Å²) in [4.78, 5) is 11.0. The van der Waals surface area contributed by atoms with Gasteiger partial charge in [-0.2, -0.15) is 0 Å². The van der Waals surface area contributed by atoms with Crippen LogP contribution in [0.2, 0.25) is 0 Å². The largest absolute Gasteiger partial charge is 0.573 e. The summed E-state index contributed by atoms with van der Waals surface area (Å²) in [7, 11) is 1.10. The van der Waals surface area contributed by atoms with Crippen molar-refractivity contribution in [2.75, 3.05) is 12.8 Å².